The lowest BCUT2D eigenvalue weighted by atomic mass is 9.85. The number of aromatic nitrogens is 1. The molecule has 3 N–H and O–H groups in total. The Morgan fingerprint density at radius 3 is 2.52 bits per heavy atom. The van der Waals surface area contributed by atoms with E-state index in [1.54, 1.807) is 12.1 Å². The molecule has 2 heterocycles. The van der Waals surface area contributed by atoms with Gasteiger partial charge in [0.05, 0.1) is 0 Å². The van der Waals surface area contributed by atoms with Crippen LogP contribution in [0.3, 0.4) is 0 Å². The topological polar surface area (TPSA) is 82.2 Å². The Kier molecular flexibility index (Phi) is 5.16. The van der Waals surface area contributed by atoms with E-state index in [0.717, 1.165) is 5.56 Å². The highest BCUT2D eigenvalue weighted by Gasteiger charge is 2.22. The van der Waals surface area contributed by atoms with Gasteiger partial charge in [-0.1, -0.05) is 50.6 Å². The molecule has 5 nitrogen and oxygen atoms in total. The molecule has 1 aromatic carbocycles. The molecule has 0 unspecified atom stereocenters. The highest BCUT2D eigenvalue weighted by molar-refractivity contribution is 6.30. The zero-order valence-electron chi connectivity index (χ0n) is 15.6. The summed E-state index contributed by atoms with van der Waals surface area (Å²) in [6.45, 7) is 6.22. The van der Waals surface area contributed by atoms with E-state index in [-0.39, 0.29) is 28.1 Å². The molecular formula is C21H23ClN2O3. The van der Waals surface area contributed by atoms with Crippen LogP contribution in [0.25, 0.3) is 5.57 Å². The summed E-state index contributed by atoms with van der Waals surface area (Å²) in [6.07, 6.45) is 3.00. The number of aromatic amines is 1. The maximum absolute atomic E-state index is 12.0. The second-order valence-corrected chi connectivity index (χ2v) is 8.23. The SMILES string of the molecule is CC(C)(C)c1ccc(/C(=C\[C@H]2CCC(=O)N2)c2ccc(Cl)c(=O)[nH]2)c(O)c1. The third kappa shape index (κ3) is 4.25. The number of pyridine rings is 1. The van der Waals surface area contributed by atoms with E-state index >= 15 is 0 Å². The van der Waals surface area contributed by atoms with Crippen molar-refractivity contribution in [1.82, 2.24) is 10.3 Å². The summed E-state index contributed by atoms with van der Waals surface area (Å²) in [6, 6.07) is 8.61. The summed E-state index contributed by atoms with van der Waals surface area (Å²) >= 11 is 5.85. The molecule has 1 saturated heterocycles. The van der Waals surface area contributed by atoms with E-state index in [4.69, 9.17) is 11.6 Å². The van der Waals surface area contributed by atoms with Gasteiger partial charge in [-0.05, 0) is 35.6 Å². The fourth-order valence-corrected chi connectivity index (χ4v) is 3.24. The van der Waals surface area contributed by atoms with Gasteiger partial charge in [-0.15, -0.1) is 0 Å². The van der Waals surface area contributed by atoms with Gasteiger partial charge in [0, 0.05) is 29.3 Å². The minimum absolute atomic E-state index is 0.00694. The highest BCUT2D eigenvalue weighted by atomic mass is 35.5. The predicted octanol–water partition coefficient (Wildman–Crippen LogP) is 3.74. The Morgan fingerprint density at radius 1 is 1.22 bits per heavy atom. The summed E-state index contributed by atoms with van der Waals surface area (Å²) in [5, 5.41) is 13.7. The normalized spacial score (nSPS) is 17.9. The minimum atomic E-state index is -0.402. The first kappa shape index (κ1) is 19.2. The molecule has 0 bridgehead atoms. The van der Waals surface area contributed by atoms with Crippen LogP contribution in [0.4, 0.5) is 0 Å². The summed E-state index contributed by atoms with van der Waals surface area (Å²) in [5.41, 5.74) is 2.26. The third-order valence-electron chi connectivity index (χ3n) is 4.70. The largest absolute Gasteiger partial charge is 0.507 e. The van der Waals surface area contributed by atoms with Crippen molar-refractivity contribution in [2.45, 2.75) is 45.1 Å². The van der Waals surface area contributed by atoms with E-state index < -0.39 is 5.56 Å². The van der Waals surface area contributed by atoms with Crippen LogP contribution < -0.4 is 10.9 Å². The molecular weight excluding hydrogens is 364 g/mol. The molecule has 0 aliphatic carbocycles. The van der Waals surface area contributed by atoms with Gasteiger partial charge in [-0.3, -0.25) is 9.59 Å². The molecule has 1 fully saturated rings. The van der Waals surface area contributed by atoms with Crippen LogP contribution in [0.2, 0.25) is 5.02 Å². The van der Waals surface area contributed by atoms with Crippen LogP contribution in [0, 0.1) is 0 Å². The summed E-state index contributed by atoms with van der Waals surface area (Å²) in [4.78, 5) is 26.3. The summed E-state index contributed by atoms with van der Waals surface area (Å²) in [7, 11) is 0. The van der Waals surface area contributed by atoms with Crippen molar-refractivity contribution >= 4 is 23.1 Å². The number of carbonyl (C=O) groups is 1. The zero-order valence-corrected chi connectivity index (χ0v) is 16.4. The monoisotopic (exact) mass is 386 g/mol. The number of rotatable bonds is 3. The molecule has 6 heteroatoms. The molecule has 142 valence electrons. The predicted molar refractivity (Wildman–Crippen MR) is 107 cm³/mol. The van der Waals surface area contributed by atoms with Gasteiger partial charge in [0.15, 0.2) is 0 Å². The molecule has 1 aromatic heterocycles. The molecule has 1 aliphatic heterocycles. The molecule has 0 radical (unpaired) electrons. The fraction of sp³-hybridized carbons (Fsp3) is 0.333. The molecule has 1 aliphatic rings. The highest BCUT2D eigenvalue weighted by Crippen LogP contribution is 2.34. The maximum atomic E-state index is 12.0. The molecule has 1 amide bonds. The van der Waals surface area contributed by atoms with Gasteiger partial charge in [0.25, 0.3) is 5.56 Å². The first-order chi connectivity index (χ1) is 12.6. The van der Waals surface area contributed by atoms with Crippen molar-refractivity contribution in [3.8, 4) is 5.75 Å². The first-order valence-electron chi connectivity index (χ1n) is 8.89. The molecule has 0 saturated carbocycles. The Morgan fingerprint density at radius 2 is 1.96 bits per heavy atom. The van der Waals surface area contributed by atoms with E-state index in [1.807, 2.05) is 18.2 Å². The number of halogens is 1. The van der Waals surface area contributed by atoms with E-state index in [1.165, 1.54) is 6.07 Å². The number of phenolic OH excluding ortho intramolecular Hbond substituents is 1. The van der Waals surface area contributed by atoms with Crippen LogP contribution >= 0.6 is 11.6 Å². The summed E-state index contributed by atoms with van der Waals surface area (Å²) in [5.74, 6) is 0.112. The lowest BCUT2D eigenvalue weighted by molar-refractivity contribution is -0.119. The number of H-pyrrole nitrogens is 1. The molecule has 1 atom stereocenters. The summed E-state index contributed by atoms with van der Waals surface area (Å²) < 4.78 is 0. The quantitative estimate of drug-likeness (QED) is 0.751. The lowest BCUT2D eigenvalue weighted by Crippen LogP contribution is -2.23. The number of hydrogen-bond donors (Lipinski definition) is 3. The molecule has 0 spiro atoms. The van der Waals surface area contributed by atoms with E-state index in [9.17, 15) is 14.7 Å². The van der Waals surface area contributed by atoms with E-state index in [0.29, 0.717) is 29.7 Å². The maximum Gasteiger partial charge on any atom is 0.267 e. The van der Waals surface area contributed by atoms with Gasteiger partial charge in [-0.2, -0.15) is 0 Å². The van der Waals surface area contributed by atoms with Gasteiger partial charge in [0.1, 0.15) is 10.8 Å². The van der Waals surface area contributed by atoms with Crippen LogP contribution in [0.5, 0.6) is 5.75 Å². The number of phenols is 1. The van der Waals surface area contributed by atoms with Gasteiger partial charge >= 0.3 is 0 Å². The van der Waals surface area contributed by atoms with Crippen molar-refractivity contribution in [1.29, 1.82) is 0 Å². The van der Waals surface area contributed by atoms with Crippen LogP contribution in [-0.4, -0.2) is 22.0 Å². The smallest absolute Gasteiger partial charge is 0.267 e. The second kappa shape index (κ2) is 7.24. The number of amides is 1. The Labute approximate surface area is 163 Å². The number of aromatic hydroxyl groups is 1. The van der Waals surface area contributed by atoms with Crippen molar-refractivity contribution < 1.29 is 9.90 Å². The van der Waals surface area contributed by atoms with Crippen LogP contribution in [0.15, 0.2) is 41.2 Å². The number of benzene rings is 1. The average Bonchev–Trinajstić information content (AvgIpc) is 3.00. The van der Waals surface area contributed by atoms with Crippen molar-refractivity contribution in [2.24, 2.45) is 0 Å². The van der Waals surface area contributed by atoms with E-state index in [2.05, 4.69) is 31.1 Å². The minimum Gasteiger partial charge on any atom is -0.507 e. The Hall–Kier alpha value is -2.53. The standard InChI is InChI=1S/C21H23ClN2O3/c1-21(2,3)12-4-6-14(18(25)10-12)15(11-13-5-9-19(26)23-13)17-8-7-16(22)20(27)24-17/h4,6-8,10-11,13,25H,5,9H2,1-3H3,(H,23,26)(H,24,27)/b15-11+/t13-/m1/s1. The van der Waals surface area contributed by atoms with Crippen molar-refractivity contribution in [2.75, 3.05) is 0 Å². The number of carbonyl (C=O) groups excluding carboxylic acids is 1. The number of nitrogens with one attached hydrogen (secondary N) is 2. The van der Waals surface area contributed by atoms with Gasteiger partial charge in [-0.25, -0.2) is 0 Å². The first-order valence-corrected chi connectivity index (χ1v) is 9.27. The lowest BCUT2D eigenvalue weighted by Gasteiger charge is -2.21. The van der Waals surface area contributed by atoms with Crippen molar-refractivity contribution in [3.63, 3.8) is 0 Å². The van der Waals surface area contributed by atoms with Crippen LogP contribution in [-0.2, 0) is 10.2 Å². The van der Waals surface area contributed by atoms with Gasteiger partial charge < -0.3 is 15.4 Å². The molecule has 2 aromatic rings. The van der Waals surface area contributed by atoms with Crippen LogP contribution in [0.1, 0.15) is 50.4 Å². The van der Waals surface area contributed by atoms with Crippen molar-refractivity contribution in [3.05, 3.63) is 68.6 Å². The zero-order chi connectivity index (χ0) is 19.8. The Balaban J connectivity index is 2.12. The second-order valence-electron chi connectivity index (χ2n) is 7.82. The average molecular weight is 387 g/mol. The molecule has 27 heavy (non-hydrogen) atoms. The van der Waals surface area contributed by atoms with Gasteiger partial charge in [0.2, 0.25) is 5.91 Å². The third-order valence-corrected chi connectivity index (χ3v) is 5.00. The number of hydrogen-bond acceptors (Lipinski definition) is 3. The molecule has 3 rings (SSSR count). The fourth-order valence-electron chi connectivity index (χ4n) is 3.13. The Bertz CT molecular complexity index is 970.